The van der Waals surface area contributed by atoms with Crippen LogP contribution in [-0.2, 0) is 4.79 Å². The molecular weight excluding hydrogens is 558 g/mol. The maximum atomic E-state index is 13.6. The molecule has 0 amide bonds. The molecule has 9 heteroatoms. The van der Waals surface area contributed by atoms with Gasteiger partial charge in [-0.25, -0.2) is 4.39 Å². The Morgan fingerprint density at radius 2 is 1.77 bits per heavy atom. The minimum atomic E-state index is -4.59. The Morgan fingerprint density at radius 3 is 2.35 bits per heavy atom. The molecule has 4 rings (SSSR count). The fourth-order valence-electron chi connectivity index (χ4n) is 3.91. The number of benzene rings is 3. The number of methoxy groups -OCH3 is 1. The molecule has 0 heterocycles. The van der Waals surface area contributed by atoms with Gasteiger partial charge in [0.15, 0.2) is 6.29 Å². The van der Waals surface area contributed by atoms with Crippen LogP contribution in [-0.4, -0.2) is 26.1 Å². The minimum Gasteiger partial charge on any atom is -0.497 e. The number of hydrogen-bond donors (Lipinski definition) is 2. The van der Waals surface area contributed by atoms with Gasteiger partial charge in [-0.3, -0.25) is 4.79 Å². The van der Waals surface area contributed by atoms with Crippen LogP contribution >= 0.6 is 0 Å². The van der Waals surface area contributed by atoms with Crippen LogP contribution in [0.5, 0.6) is 5.75 Å². The molecule has 1 fully saturated rings. The first kappa shape index (κ1) is 34.8. The van der Waals surface area contributed by atoms with E-state index in [2.05, 4.69) is 23.3 Å². The van der Waals surface area contributed by atoms with Crippen LogP contribution < -0.4 is 15.4 Å². The van der Waals surface area contributed by atoms with E-state index in [1.165, 1.54) is 31.0 Å². The van der Waals surface area contributed by atoms with Crippen LogP contribution in [0.25, 0.3) is 0 Å². The summed E-state index contributed by atoms with van der Waals surface area (Å²) < 4.78 is 55.7. The summed E-state index contributed by atoms with van der Waals surface area (Å²) in [4.78, 5) is 10.7. The van der Waals surface area contributed by atoms with Gasteiger partial charge >= 0.3 is 6.18 Å². The van der Waals surface area contributed by atoms with E-state index in [1.54, 1.807) is 19.2 Å². The normalized spacial score (nSPS) is 13.2. The van der Waals surface area contributed by atoms with Crippen molar-refractivity contribution < 1.29 is 27.1 Å². The molecule has 3 aromatic carbocycles. The van der Waals surface area contributed by atoms with Crippen molar-refractivity contribution in [2.75, 3.05) is 19.0 Å². The molecule has 1 aliphatic rings. The molecule has 43 heavy (non-hydrogen) atoms. The average molecular weight is 596 g/mol. The van der Waals surface area contributed by atoms with E-state index in [4.69, 9.17) is 10.00 Å². The maximum absolute atomic E-state index is 13.6. The van der Waals surface area contributed by atoms with Crippen molar-refractivity contribution in [3.63, 3.8) is 0 Å². The van der Waals surface area contributed by atoms with Crippen LogP contribution in [0.4, 0.5) is 23.2 Å². The van der Waals surface area contributed by atoms with Gasteiger partial charge in [-0.05, 0) is 91.4 Å². The zero-order chi connectivity index (χ0) is 32.0. The molecule has 0 aromatic heterocycles. The molecule has 1 atom stereocenters. The van der Waals surface area contributed by atoms with Crippen molar-refractivity contribution in [3.8, 4) is 11.8 Å². The molecule has 1 unspecified atom stereocenters. The highest BCUT2D eigenvalue weighted by atomic mass is 19.4. The summed E-state index contributed by atoms with van der Waals surface area (Å²) in [5.74, 6) is 1.47. The van der Waals surface area contributed by atoms with Crippen molar-refractivity contribution in [1.29, 1.82) is 5.26 Å². The smallest absolute Gasteiger partial charge is 0.415 e. The summed E-state index contributed by atoms with van der Waals surface area (Å²) in [6.45, 7) is 9.64. The van der Waals surface area contributed by atoms with Gasteiger partial charge in [0, 0.05) is 5.69 Å². The highest BCUT2D eigenvalue weighted by Crippen LogP contribution is 2.31. The van der Waals surface area contributed by atoms with Gasteiger partial charge < -0.3 is 15.4 Å². The molecule has 2 N–H and O–H groups in total. The summed E-state index contributed by atoms with van der Waals surface area (Å²) in [6.07, 6.45) is -1.13. The minimum absolute atomic E-state index is 0.0648. The molecule has 228 valence electrons. The second-order valence-electron chi connectivity index (χ2n) is 9.63. The number of rotatable bonds is 10. The average Bonchev–Trinajstić information content (AvgIpc) is 3.84. The molecule has 0 radical (unpaired) electrons. The van der Waals surface area contributed by atoms with Crippen LogP contribution in [0, 0.1) is 30.0 Å². The highest BCUT2D eigenvalue weighted by molar-refractivity contribution is 5.80. The lowest BCUT2D eigenvalue weighted by Gasteiger charge is -2.21. The van der Waals surface area contributed by atoms with Crippen LogP contribution in [0.3, 0.4) is 0 Å². The number of allylic oxidation sites excluding steroid dienone is 3. The number of ether oxygens (including phenoxy) is 1. The standard InChI is InChI=1S/C19H22FNO.C13H9F3N2O.C2H6/c1-13-10-16(8-9-18(13)20)19(21-12-14-6-7-14)15-4-3-5-17(11-15)22-2;1-9(13(14,15)16)5-12(8-19)18-11-4-2-3-10(6-11)7-17;1-2/h3-5,8-11,14,19,21H,6-7,12H2,1-2H3;2-6,8,18H,1H2;1-2H3/b;12-5-;. The Hall–Kier alpha value is -4.42. The van der Waals surface area contributed by atoms with Gasteiger partial charge in [0.25, 0.3) is 0 Å². The highest BCUT2D eigenvalue weighted by Gasteiger charge is 2.30. The first-order valence-electron chi connectivity index (χ1n) is 13.9. The summed E-state index contributed by atoms with van der Waals surface area (Å²) in [7, 11) is 1.67. The number of anilines is 1. The third-order valence-corrected chi connectivity index (χ3v) is 6.35. The number of nitrogens with zero attached hydrogens (tertiary/aromatic N) is 1. The maximum Gasteiger partial charge on any atom is 0.415 e. The van der Waals surface area contributed by atoms with Crippen molar-refractivity contribution in [3.05, 3.63) is 119 Å². The Balaban J connectivity index is 0.000000287. The van der Waals surface area contributed by atoms with Crippen molar-refractivity contribution >= 4 is 12.0 Å². The Bertz CT molecular complexity index is 1440. The van der Waals surface area contributed by atoms with Crippen LogP contribution in [0.15, 0.2) is 90.7 Å². The van der Waals surface area contributed by atoms with E-state index in [1.807, 2.05) is 57.2 Å². The number of carbonyl (C=O) groups is 1. The Kier molecular flexibility index (Phi) is 13.7. The second kappa shape index (κ2) is 16.9. The molecule has 0 aliphatic heterocycles. The van der Waals surface area contributed by atoms with Gasteiger partial charge in [-0.1, -0.05) is 50.8 Å². The van der Waals surface area contributed by atoms with Gasteiger partial charge in [0.2, 0.25) is 0 Å². The fourth-order valence-corrected chi connectivity index (χ4v) is 3.91. The molecule has 0 saturated heterocycles. The quantitative estimate of drug-likeness (QED) is 0.107. The lowest BCUT2D eigenvalue weighted by molar-refractivity contribution is -0.104. The first-order valence-corrected chi connectivity index (χ1v) is 13.9. The number of nitrogens with one attached hydrogen (secondary N) is 2. The van der Waals surface area contributed by atoms with Crippen LogP contribution in [0.1, 0.15) is 55.0 Å². The number of halogens is 4. The summed E-state index contributed by atoms with van der Waals surface area (Å²) in [6, 6.07) is 21.4. The zero-order valence-electron chi connectivity index (χ0n) is 24.8. The Morgan fingerprint density at radius 1 is 1.09 bits per heavy atom. The molecule has 1 aliphatic carbocycles. The van der Waals surface area contributed by atoms with Crippen LogP contribution in [0.2, 0.25) is 0 Å². The number of nitriles is 1. The molecule has 0 bridgehead atoms. The van der Waals surface area contributed by atoms with E-state index in [-0.39, 0.29) is 23.8 Å². The van der Waals surface area contributed by atoms with E-state index < -0.39 is 11.7 Å². The summed E-state index contributed by atoms with van der Waals surface area (Å²) in [5, 5.41) is 14.8. The van der Waals surface area contributed by atoms with Crippen molar-refractivity contribution in [2.45, 2.75) is 45.8 Å². The molecule has 1 saturated carbocycles. The van der Waals surface area contributed by atoms with Gasteiger partial charge in [-0.2, -0.15) is 18.4 Å². The lowest BCUT2D eigenvalue weighted by atomic mass is 9.96. The topological polar surface area (TPSA) is 74.2 Å². The first-order chi connectivity index (χ1) is 20.5. The van der Waals surface area contributed by atoms with Gasteiger partial charge in [-0.15, -0.1) is 0 Å². The molecular formula is C34H37F4N3O2. The van der Waals surface area contributed by atoms with E-state index >= 15 is 0 Å². The molecule has 0 spiro atoms. The van der Waals surface area contributed by atoms with Crippen molar-refractivity contribution in [2.24, 2.45) is 5.92 Å². The summed E-state index contributed by atoms with van der Waals surface area (Å²) in [5.41, 5.74) is 2.14. The predicted molar refractivity (Wildman–Crippen MR) is 162 cm³/mol. The number of aryl methyl sites for hydroxylation is 1. The van der Waals surface area contributed by atoms with E-state index in [9.17, 15) is 22.4 Å². The SMILES string of the molecule is C=C(/C=C(/C=O)Nc1cccc(C#N)c1)C(F)(F)F.CC.COc1cccc(C(NCC2CC2)c2ccc(F)c(C)c2)c1. The van der Waals surface area contributed by atoms with Crippen molar-refractivity contribution in [1.82, 2.24) is 5.32 Å². The third-order valence-electron chi connectivity index (χ3n) is 6.35. The largest absolute Gasteiger partial charge is 0.497 e. The van der Waals surface area contributed by atoms with E-state index in [0.29, 0.717) is 22.9 Å². The third kappa shape index (κ3) is 11.4. The number of carbonyl (C=O) groups excluding carboxylic acids is 1. The number of aldehydes is 1. The predicted octanol–water partition coefficient (Wildman–Crippen LogP) is 8.43. The lowest BCUT2D eigenvalue weighted by Crippen LogP contribution is -2.24. The second-order valence-corrected chi connectivity index (χ2v) is 9.63. The molecule has 5 nitrogen and oxygen atoms in total. The summed E-state index contributed by atoms with van der Waals surface area (Å²) >= 11 is 0. The van der Waals surface area contributed by atoms with Gasteiger partial charge in [0.05, 0.1) is 36.1 Å². The monoisotopic (exact) mass is 595 g/mol. The fraction of sp³-hybridized carbons (Fsp3) is 0.294. The molecule has 3 aromatic rings. The Labute approximate surface area is 250 Å². The number of alkyl halides is 3. The zero-order valence-corrected chi connectivity index (χ0v) is 24.8. The van der Waals surface area contributed by atoms with E-state index in [0.717, 1.165) is 29.3 Å². The van der Waals surface area contributed by atoms with Gasteiger partial charge in [0.1, 0.15) is 11.6 Å². The number of hydrogen-bond acceptors (Lipinski definition) is 5.